The van der Waals surface area contributed by atoms with Crippen molar-refractivity contribution < 1.29 is 22.8 Å². The molecule has 1 aliphatic heterocycles. The average molecular weight is 473 g/mol. The Hall–Kier alpha value is -3.31. The van der Waals surface area contributed by atoms with E-state index in [1.165, 1.54) is 24.3 Å². The van der Waals surface area contributed by atoms with Crippen LogP contribution in [0.4, 0.5) is 11.4 Å². The van der Waals surface area contributed by atoms with Gasteiger partial charge in [0.2, 0.25) is 17.7 Å². The van der Waals surface area contributed by atoms with E-state index in [-0.39, 0.29) is 29.7 Å². The van der Waals surface area contributed by atoms with Crippen molar-refractivity contribution in [3.05, 3.63) is 47.5 Å². The van der Waals surface area contributed by atoms with Crippen molar-refractivity contribution >= 4 is 60.7 Å². The minimum Gasteiger partial charge on any atom is -0.326 e. The number of amides is 3. The minimum atomic E-state index is -3.95. The van der Waals surface area contributed by atoms with E-state index in [0.717, 1.165) is 22.1 Å². The van der Waals surface area contributed by atoms with Gasteiger partial charge in [0.05, 0.1) is 26.0 Å². The van der Waals surface area contributed by atoms with Crippen LogP contribution in [0.3, 0.4) is 0 Å². The van der Waals surface area contributed by atoms with Gasteiger partial charge >= 0.3 is 0 Å². The number of sulfonamides is 1. The Kier molecular flexibility index (Phi) is 5.70. The third-order valence-corrected chi connectivity index (χ3v) is 7.40. The van der Waals surface area contributed by atoms with E-state index in [0.29, 0.717) is 11.4 Å². The van der Waals surface area contributed by atoms with E-state index >= 15 is 0 Å². The van der Waals surface area contributed by atoms with Gasteiger partial charge in [-0.3, -0.25) is 14.4 Å². The topological polar surface area (TPSA) is 126 Å². The summed E-state index contributed by atoms with van der Waals surface area (Å²) in [5.41, 5.74) is 1.91. The van der Waals surface area contributed by atoms with Gasteiger partial charge in [0, 0.05) is 31.3 Å². The molecule has 1 saturated heterocycles. The highest BCUT2D eigenvalue weighted by molar-refractivity contribution is 7.90. The molecule has 2 heterocycles. The minimum absolute atomic E-state index is 0.0783. The summed E-state index contributed by atoms with van der Waals surface area (Å²) in [5.74, 6) is -1.71. The van der Waals surface area contributed by atoms with Gasteiger partial charge in [-0.1, -0.05) is 0 Å². The third kappa shape index (κ3) is 4.48. The quantitative estimate of drug-likeness (QED) is 0.587. The highest BCUT2D eigenvalue weighted by Gasteiger charge is 2.35. The largest absolute Gasteiger partial charge is 0.326 e. The number of carbonyl (C=O) groups is 3. The molecule has 2 aromatic carbocycles. The highest BCUT2D eigenvalue weighted by Crippen LogP contribution is 2.30. The molecule has 1 unspecified atom stereocenters. The predicted molar refractivity (Wildman–Crippen MR) is 121 cm³/mol. The van der Waals surface area contributed by atoms with Crippen LogP contribution in [0.5, 0.6) is 0 Å². The van der Waals surface area contributed by atoms with Crippen LogP contribution in [0.25, 0.3) is 10.2 Å². The second-order valence-corrected chi connectivity index (χ2v) is 10.4. The molecule has 1 fully saturated rings. The maximum atomic E-state index is 12.7. The van der Waals surface area contributed by atoms with Crippen molar-refractivity contribution in [1.82, 2.24) is 9.71 Å². The van der Waals surface area contributed by atoms with E-state index in [2.05, 4.69) is 10.3 Å². The number of hydrogen-bond acceptors (Lipinski definition) is 7. The van der Waals surface area contributed by atoms with Gasteiger partial charge in [-0.05, 0) is 49.4 Å². The standard InChI is InChI=1S/C21H20N4O5S2/c1-12(26)24-32(29,30)17-6-3-15(4-7-17)23-21(28)14-9-20(27)25(11-14)16-5-8-19-18(10-16)22-13(2)31-19/h3-8,10,14H,9,11H2,1-2H3,(H,23,28)(H,24,26). The summed E-state index contributed by atoms with van der Waals surface area (Å²) >= 11 is 1.58. The molecule has 166 valence electrons. The molecule has 0 saturated carbocycles. The fraction of sp³-hybridized carbons (Fsp3) is 0.238. The SMILES string of the molecule is CC(=O)NS(=O)(=O)c1ccc(NC(=O)C2CC(=O)N(c3ccc4sc(C)nc4c3)C2)cc1. The summed E-state index contributed by atoms with van der Waals surface area (Å²) < 4.78 is 26.9. The van der Waals surface area contributed by atoms with Crippen molar-refractivity contribution in [1.29, 1.82) is 0 Å². The number of fused-ring (bicyclic) bond motifs is 1. The molecule has 1 aromatic heterocycles. The molecule has 32 heavy (non-hydrogen) atoms. The Morgan fingerprint density at radius 2 is 1.88 bits per heavy atom. The molecule has 9 nitrogen and oxygen atoms in total. The van der Waals surface area contributed by atoms with Crippen molar-refractivity contribution in [2.24, 2.45) is 5.92 Å². The van der Waals surface area contributed by atoms with E-state index in [1.54, 1.807) is 16.2 Å². The molecule has 0 aliphatic carbocycles. The molecule has 3 aromatic rings. The fourth-order valence-electron chi connectivity index (χ4n) is 3.54. The molecular weight excluding hydrogens is 452 g/mol. The summed E-state index contributed by atoms with van der Waals surface area (Å²) in [6.07, 6.45) is 0.0783. The number of nitrogens with one attached hydrogen (secondary N) is 2. The summed E-state index contributed by atoms with van der Waals surface area (Å²) in [6, 6.07) is 11.1. The Morgan fingerprint density at radius 3 is 2.56 bits per heavy atom. The number of benzene rings is 2. The average Bonchev–Trinajstić information content (AvgIpc) is 3.28. The van der Waals surface area contributed by atoms with Gasteiger partial charge in [-0.15, -0.1) is 11.3 Å². The number of hydrogen-bond donors (Lipinski definition) is 2. The molecule has 0 bridgehead atoms. The maximum Gasteiger partial charge on any atom is 0.264 e. The molecule has 1 atom stereocenters. The molecule has 1 aliphatic rings. The van der Waals surface area contributed by atoms with Crippen LogP contribution in [0.1, 0.15) is 18.4 Å². The Balaban J connectivity index is 1.44. The van der Waals surface area contributed by atoms with Crippen molar-refractivity contribution in [2.45, 2.75) is 25.2 Å². The van der Waals surface area contributed by atoms with E-state index in [9.17, 15) is 22.8 Å². The predicted octanol–water partition coefficient (Wildman–Crippen LogP) is 2.42. The Labute approximate surface area is 188 Å². The van der Waals surface area contributed by atoms with Crippen LogP contribution in [0.2, 0.25) is 0 Å². The normalized spacial score (nSPS) is 16.4. The van der Waals surface area contributed by atoms with Crippen molar-refractivity contribution in [3.8, 4) is 0 Å². The molecule has 2 N–H and O–H groups in total. The first-order valence-corrected chi connectivity index (χ1v) is 12.0. The third-order valence-electron chi connectivity index (χ3n) is 5.00. The first-order valence-electron chi connectivity index (χ1n) is 9.74. The smallest absolute Gasteiger partial charge is 0.264 e. The number of carbonyl (C=O) groups excluding carboxylic acids is 3. The van der Waals surface area contributed by atoms with Crippen LogP contribution < -0.4 is 14.9 Å². The van der Waals surface area contributed by atoms with E-state index < -0.39 is 21.8 Å². The van der Waals surface area contributed by atoms with Gasteiger partial charge in [-0.2, -0.15) is 0 Å². The lowest BCUT2D eigenvalue weighted by Crippen LogP contribution is -2.28. The Bertz CT molecular complexity index is 1330. The summed E-state index contributed by atoms with van der Waals surface area (Å²) in [5, 5.41) is 3.66. The zero-order valence-electron chi connectivity index (χ0n) is 17.3. The van der Waals surface area contributed by atoms with Crippen molar-refractivity contribution in [3.63, 3.8) is 0 Å². The lowest BCUT2D eigenvalue weighted by Gasteiger charge is -2.17. The second-order valence-electron chi connectivity index (χ2n) is 7.47. The van der Waals surface area contributed by atoms with Crippen LogP contribution in [0, 0.1) is 12.8 Å². The Morgan fingerprint density at radius 1 is 1.16 bits per heavy atom. The number of aromatic nitrogens is 1. The maximum absolute atomic E-state index is 12.7. The lowest BCUT2D eigenvalue weighted by molar-refractivity contribution is -0.122. The number of rotatable bonds is 5. The van der Waals surface area contributed by atoms with Crippen molar-refractivity contribution in [2.75, 3.05) is 16.8 Å². The first kappa shape index (κ1) is 21.9. The first-order chi connectivity index (χ1) is 15.1. The van der Waals surface area contributed by atoms with Crippen LogP contribution in [-0.4, -0.2) is 37.7 Å². The van der Waals surface area contributed by atoms with Gasteiger partial charge in [0.1, 0.15) is 0 Å². The monoisotopic (exact) mass is 472 g/mol. The van der Waals surface area contributed by atoms with Crippen LogP contribution in [0.15, 0.2) is 47.4 Å². The summed E-state index contributed by atoms with van der Waals surface area (Å²) in [6.45, 7) is 3.27. The van der Waals surface area contributed by atoms with Gasteiger partial charge in [-0.25, -0.2) is 18.1 Å². The lowest BCUT2D eigenvalue weighted by atomic mass is 10.1. The fourth-order valence-corrected chi connectivity index (χ4v) is 5.34. The van der Waals surface area contributed by atoms with E-state index in [1.807, 2.05) is 29.8 Å². The molecule has 3 amide bonds. The van der Waals surface area contributed by atoms with Crippen LogP contribution >= 0.6 is 11.3 Å². The zero-order valence-corrected chi connectivity index (χ0v) is 18.9. The number of anilines is 2. The van der Waals surface area contributed by atoms with Gasteiger partial charge in [0.25, 0.3) is 10.0 Å². The van der Waals surface area contributed by atoms with Gasteiger partial charge in [0.15, 0.2) is 0 Å². The second kappa shape index (κ2) is 8.32. The molecule has 11 heteroatoms. The molecule has 4 rings (SSSR count). The number of aryl methyl sites for hydroxylation is 1. The highest BCUT2D eigenvalue weighted by atomic mass is 32.2. The zero-order chi connectivity index (χ0) is 23.0. The molecular formula is C21H20N4O5S2. The molecule has 0 spiro atoms. The van der Waals surface area contributed by atoms with E-state index in [4.69, 9.17) is 0 Å². The molecule has 0 radical (unpaired) electrons. The van der Waals surface area contributed by atoms with Crippen LogP contribution in [-0.2, 0) is 24.4 Å². The number of thiazole rings is 1. The number of nitrogens with zero attached hydrogens (tertiary/aromatic N) is 2. The summed E-state index contributed by atoms with van der Waals surface area (Å²) in [4.78, 5) is 42.2. The summed E-state index contributed by atoms with van der Waals surface area (Å²) in [7, 11) is -3.95. The van der Waals surface area contributed by atoms with Gasteiger partial charge < -0.3 is 10.2 Å².